The van der Waals surface area contributed by atoms with Crippen molar-refractivity contribution in [3.05, 3.63) is 35.9 Å². The van der Waals surface area contributed by atoms with Crippen molar-refractivity contribution in [3.63, 3.8) is 0 Å². The van der Waals surface area contributed by atoms with Gasteiger partial charge in [-0.25, -0.2) is 5.90 Å². The average Bonchev–Trinajstić information content (AvgIpc) is 2.26. The molecule has 0 saturated heterocycles. The minimum Gasteiger partial charge on any atom is -0.469 e. The van der Waals surface area contributed by atoms with Crippen LogP contribution in [0.25, 0.3) is 0 Å². The Hall–Kier alpha value is -1.39. The lowest BCUT2D eigenvalue weighted by Crippen LogP contribution is -2.14. The minimum atomic E-state index is -0.441. The highest BCUT2D eigenvalue weighted by Gasteiger charge is 2.15. The summed E-state index contributed by atoms with van der Waals surface area (Å²) in [5, 5.41) is 0. The number of carbonyl (C=O) groups excluding carboxylic acids is 1. The van der Waals surface area contributed by atoms with Crippen molar-refractivity contribution in [2.75, 3.05) is 7.11 Å². The van der Waals surface area contributed by atoms with Crippen LogP contribution in [-0.2, 0) is 14.4 Å². The quantitative estimate of drug-likeness (QED) is 0.579. The number of methoxy groups -OCH3 is 1. The molecule has 0 spiro atoms. The molecule has 0 heterocycles. The predicted molar refractivity (Wildman–Crippen MR) is 51.1 cm³/mol. The van der Waals surface area contributed by atoms with E-state index in [9.17, 15) is 4.79 Å². The number of carbonyl (C=O) groups is 1. The highest BCUT2D eigenvalue weighted by Crippen LogP contribution is 2.19. The Morgan fingerprint density at radius 1 is 1.43 bits per heavy atom. The molecule has 0 saturated carbocycles. The van der Waals surface area contributed by atoms with Gasteiger partial charge < -0.3 is 4.74 Å². The smallest absolute Gasteiger partial charge is 0.308 e. The second kappa shape index (κ2) is 5.36. The third kappa shape index (κ3) is 2.83. The zero-order valence-corrected chi connectivity index (χ0v) is 7.97. The first-order valence-corrected chi connectivity index (χ1v) is 4.25. The van der Waals surface area contributed by atoms with Crippen molar-refractivity contribution in [1.29, 1.82) is 0 Å². The van der Waals surface area contributed by atoms with Crippen LogP contribution >= 0.6 is 0 Å². The Bertz CT molecular complexity index is 287. The maximum atomic E-state index is 11.0. The Morgan fingerprint density at radius 2 is 2.07 bits per heavy atom. The number of esters is 1. The molecular formula is C10H13NO3. The molecule has 0 aliphatic rings. The molecule has 4 nitrogen and oxygen atoms in total. The molecular weight excluding hydrogens is 182 g/mol. The lowest BCUT2D eigenvalue weighted by molar-refractivity contribution is -0.144. The fraction of sp³-hybridized carbons (Fsp3) is 0.300. The summed E-state index contributed by atoms with van der Waals surface area (Å²) >= 11 is 0. The van der Waals surface area contributed by atoms with Crippen molar-refractivity contribution in [2.24, 2.45) is 5.90 Å². The summed E-state index contributed by atoms with van der Waals surface area (Å²) in [7, 11) is 1.33. The molecule has 1 unspecified atom stereocenters. The molecule has 0 fully saturated rings. The van der Waals surface area contributed by atoms with Crippen LogP contribution in [0.4, 0.5) is 0 Å². The Labute approximate surface area is 82.6 Å². The summed E-state index contributed by atoms with van der Waals surface area (Å²) in [4.78, 5) is 15.7. The van der Waals surface area contributed by atoms with E-state index in [0.717, 1.165) is 5.56 Å². The van der Waals surface area contributed by atoms with Gasteiger partial charge in [-0.05, 0) is 5.56 Å². The maximum Gasteiger partial charge on any atom is 0.308 e. The number of nitrogens with two attached hydrogens (primary N) is 1. The average molecular weight is 195 g/mol. The van der Waals surface area contributed by atoms with Crippen molar-refractivity contribution < 1.29 is 14.4 Å². The fourth-order valence-corrected chi connectivity index (χ4v) is 1.15. The van der Waals surface area contributed by atoms with E-state index in [4.69, 9.17) is 10.7 Å². The maximum absolute atomic E-state index is 11.0. The van der Waals surface area contributed by atoms with Gasteiger partial charge >= 0.3 is 5.97 Å². The lowest BCUT2D eigenvalue weighted by atomic mass is 10.1. The van der Waals surface area contributed by atoms with Crippen LogP contribution in [0.5, 0.6) is 0 Å². The van der Waals surface area contributed by atoms with Crippen molar-refractivity contribution in [1.82, 2.24) is 0 Å². The summed E-state index contributed by atoms with van der Waals surface area (Å²) < 4.78 is 4.53. The van der Waals surface area contributed by atoms with Crippen LogP contribution in [0.2, 0.25) is 0 Å². The van der Waals surface area contributed by atoms with E-state index in [1.54, 1.807) is 0 Å². The van der Waals surface area contributed by atoms with Crippen LogP contribution in [0, 0.1) is 0 Å². The zero-order valence-electron chi connectivity index (χ0n) is 7.97. The molecule has 0 aliphatic carbocycles. The van der Waals surface area contributed by atoms with Gasteiger partial charge in [-0.3, -0.25) is 9.63 Å². The Balaban J connectivity index is 2.68. The molecule has 0 bridgehead atoms. The van der Waals surface area contributed by atoms with Crippen LogP contribution in [0.3, 0.4) is 0 Å². The Kier molecular flexibility index (Phi) is 4.10. The number of ether oxygens (including phenoxy) is 1. The van der Waals surface area contributed by atoms with E-state index in [0.29, 0.717) is 0 Å². The number of hydrogen-bond acceptors (Lipinski definition) is 4. The SMILES string of the molecule is COC(=O)CC(ON)c1ccccc1. The van der Waals surface area contributed by atoms with Gasteiger partial charge in [-0.15, -0.1) is 0 Å². The first-order chi connectivity index (χ1) is 6.77. The first kappa shape index (κ1) is 10.7. The topological polar surface area (TPSA) is 61.5 Å². The van der Waals surface area contributed by atoms with Gasteiger partial charge in [0.2, 0.25) is 0 Å². The zero-order chi connectivity index (χ0) is 10.4. The normalized spacial score (nSPS) is 12.1. The summed E-state index contributed by atoms with van der Waals surface area (Å²) in [6, 6.07) is 9.30. The van der Waals surface area contributed by atoms with Gasteiger partial charge in [0.25, 0.3) is 0 Å². The molecule has 1 aromatic carbocycles. The van der Waals surface area contributed by atoms with E-state index in [2.05, 4.69) is 4.74 Å². The number of benzene rings is 1. The van der Waals surface area contributed by atoms with Gasteiger partial charge in [-0.1, -0.05) is 30.3 Å². The van der Waals surface area contributed by atoms with E-state index < -0.39 is 6.10 Å². The van der Waals surface area contributed by atoms with Crippen LogP contribution in [0.1, 0.15) is 18.1 Å². The van der Waals surface area contributed by atoms with E-state index >= 15 is 0 Å². The third-order valence-corrected chi connectivity index (χ3v) is 1.92. The molecule has 2 N–H and O–H groups in total. The second-order valence-corrected chi connectivity index (χ2v) is 2.82. The van der Waals surface area contributed by atoms with Crippen molar-refractivity contribution in [2.45, 2.75) is 12.5 Å². The minimum absolute atomic E-state index is 0.122. The first-order valence-electron chi connectivity index (χ1n) is 4.25. The summed E-state index contributed by atoms with van der Waals surface area (Å²) in [5.74, 6) is 4.76. The van der Waals surface area contributed by atoms with Gasteiger partial charge in [0.15, 0.2) is 0 Å². The molecule has 0 aromatic heterocycles. The highest BCUT2D eigenvalue weighted by molar-refractivity contribution is 5.70. The van der Waals surface area contributed by atoms with E-state index in [1.165, 1.54) is 7.11 Å². The van der Waals surface area contributed by atoms with Gasteiger partial charge in [0.1, 0.15) is 6.10 Å². The number of rotatable bonds is 4. The van der Waals surface area contributed by atoms with E-state index in [1.807, 2.05) is 30.3 Å². The summed E-state index contributed by atoms with van der Waals surface area (Å²) in [5.41, 5.74) is 0.861. The van der Waals surface area contributed by atoms with Gasteiger partial charge in [0, 0.05) is 0 Å². The molecule has 1 aromatic rings. The molecule has 0 amide bonds. The molecule has 1 atom stereocenters. The molecule has 0 radical (unpaired) electrons. The molecule has 1 rings (SSSR count). The van der Waals surface area contributed by atoms with Crippen LogP contribution in [0.15, 0.2) is 30.3 Å². The van der Waals surface area contributed by atoms with Crippen LogP contribution < -0.4 is 5.90 Å². The van der Waals surface area contributed by atoms with Crippen LogP contribution in [-0.4, -0.2) is 13.1 Å². The third-order valence-electron chi connectivity index (χ3n) is 1.92. The standard InChI is InChI=1S/C10H13NO3/c1-13-10(12)7-9(14-11)8-5-3-2-4-6-8/h2-6,9H,7,11H2,1H3. The summed E-state index contributed by atoms with van der Waals surface area (Å²) in [6.45, 7) is 0. The molecule has 76 valence electrons. The lowest BCUT2D eigenvalue weighted by Gasteiger charge is -2.12. The number of hydrogen-bond donors (Lipinski definition) is 1. The Morgan fingerprint density at radius 3 is 2.57 bits per heavy atom. The van der Waals surface area contributed by atoms with Gasteiger partial charge in [-0.2, -0.15) is 0 Å². The molecule has 14 heavy (non-hydrogen) atoms. The van der Waals surface area contributed by atoms with E-state index in [-0.39, 0.29) is 12.4 Å². The predicted octanol–water partition coefficient (Wildman–Crippen LogP) is 1.18. The fourth-order valence-electron chi connectivity index (χ4n) is 1.15. The highest BCUT2D eigenvalue weighted by atomic mass is 16.6. The largest absolute Gasteiger partial charge is 0.469 e. The molecule has 0 aliphatic heterocycles. The summed E-state index contributed by atoms with van der Waals surface area (Å²) in [6.07, 6.45) is -0.319. The monoisotopic (exact) mass is 195 g/mol. The van der Waals surface area contributed by atoms with Gasteiger partial charge in [0.05, 0.1) is 13.5 Å². The molecule has 4 heteroatoms. The van der Waals surface area contributed by atoms with Crippen molar-refractivity contribution in [3.8, 4) is 0 Å². The van der Waals surface area contributed by atoms with Crippen molar-refractivity contribution >= 4 is 5.97 Å². The second-order valence-electron chi connectivity index (χ2n) is 2.82.